The number of carboxylic acid groups (broad SMARTS) is 1. The molecule has 106 valence electrons. The van der Waals surface area contributed by atoms with E-state index in [0.29, 0.717) is 16.5 Å². The molecular weight excluding hydrogens is 260 g/mol. The SMILES string of the molecule is C[C@@H](CO)Cn1nc(CC(=O)O)c2ccccc2c1=O. The Morgan fingerprint density at radius 1 is 1.35 bits per heavy atom. The van der Waals surface area contributed by atoms with Crippen LogP contribution in [0.15, 0.2) is 29.1 Å². The minimum atomic E-state index is -0.997. The quantitative estimate of drug-likeness (QED) is 0.836. The summed E-state index contributed by atoms with van der Waals surface area (Å²) in [6.45, 7) is 1.99. The fourth-order valence-electron chi connectivity index (χ4n) is 2.06. The topological polar surface area (TPSA) is 92.4 Å². The lowest BCUT2D eigenvalue weighted by molar-refractivity contribution is -0.136. The Hall–Kier alpha value is -2.21. The van der Waals surface area contributed by atoms with Gasteiger partial charge in [0.25, 0.3) is 5.56 Å². The second kappa shape index (κ2) is 5.83. The van der Waals surface area contributed by atoms with Crippen LogP contribution in [0.2, 0.25) is 0 Å². The van der Waals surface area contributed by atoms with E-state index in [1.165, 1.54) is 4.68 Å². The fourth-order valence-corrected chi connectivity index (χ4v) is 2.06. The number of carboxylic acids is 1. The summed E-state index contributed by atoms with van der Waals surface area (Å²) in [4.78, 5) is 23.2. The van der Waals surface area contributed by atoms with Crippen molar-refractivity contribution in [3.8, 4) is 0 Å². The Morgan fingerprint density at radius 2 is 2.00 bits per heavy atom. The number of fused-ring (bicyclic) bond motifs is 1. The third-order valence-electron chi connectivity index (χ3n) is 3.06. The van der Waals surface area contributed by atoms with Gasteiger partial charge in [-0.05, 0) is 12.0 Å². The van der Waals surface area contributed by atoms with Crippen molar-refractivity contribution in [1.82, 2.24) is 9.78 Å². The summed E-state index contributed by atoms with van der Waals surface area (Å²) in [6, 6.07) is 6.83. The summed E-state index contributed by atoms with van der Waals surface area (Å²) in [5.74, 6) is -1.12. The van der Waals surface area contributed by atoms with Crippen molar-refractivity contribution >= 4 is 16.7 Å². The molecule has 1 atom stereocenters. The highest BCUT2D eigenvalue weighted by atomic mass is 16.4. The number of benzene rings is 1. The first-order valence-corrected chi connectivity index (χ1v) is 6.34. The van der Waals surface area contributed by atoms with Crippen molar-refractivity contribution in [3.63, 3.8) is 0 Å². The number of aliphatic carboxylic acids is 1. The van der Waals surface area contributed by atoms with Gasteiger partial charge in [0, 0.05) is 18.5 Å². The van der Waals surface area contributed by atoms with E-state index in [9.17, 15) is 9.59 Å². The molecule has 0 unspecified atom stereocenters. The summed E-state index contributed by atoms with van der Waals surface area (Å²) in [7, 11) is 0. The van der Waals surface area contributed by atoms with E-state index < -0.39 is 5.97 Å². The Labute approximate surface area is 115 Å². The van der Waals surface area contributed by atoms with Crippen LogP contribution in [-0.2, 0) is 17.8 Å². The van der Waals surface area contributed by atoms with Gasteiger partial charge in [0.05, 0.1) is 17.5 Å². The molecule has 0 aliphatic rings. The molecule has 2 N–H and O–H groups in total. The van der Waals surface area contributed by atoms with Crippen molar-refractivity contribution in [2.24, 2.45) is 5.92 Å². The molecular formula is C14H16N2O4. The molecule has 0 bridgehead atoms. The van der Waals surface area contributed by atoms with Crippen LogP contribution >= 0.6 is 0 Å². The number of aromatic nitrogens is 2. The lowest BCUT2D eigenvalue weighted by Crippen LogP contribution is -2.28. The van der Waals surface area contributed by atoms with E-state index in [1.807, 2.05) is 0 Å². The lowest BCUT2D eigenvalue weighted by atomic mass is 10.1. The normalized spacial score (nSPS) is 12.5. The standard InChI is InChI=1S/C14H16N2O4/c1-9(8-17)7-16-14(20)11-5-3-2-4-10(11)12(15-16)6-13(18)19/h2-5,9,17H,6-8H2,1H3,(H,18,19)/t9-/m1/s1. The molecule has 0 saturated carbocycles. The molecule has 0 radical (unpaired) electrons. The van der Waals surface area contributed by atoms with Crippen molar-refractivity contribution in [2.75, 3.05) is 6.61 Å². The highest BCUT2D eigenvalue weighted by Crippen LogP contribution is 2.14. The lowest BCUT2D eigenvalue weighted by Gasteiger charge is -2.12. The maximum atomic E-state index is 12.3. The van der Waals surface area contributed by atoms with Gasteiger partial charge in [-0.25, -0.2) is 4.68 Å². The summed E-state index contributed by atoms with van der Waals surface area (Å²) >= 11 is 0. The van der Waals surface area contributed by atoms with Crippen LogP contribution < -0.4 is 5.56 Å². The Balaban J connectivity index is 2.61. The van der Waals surface area contributed by atoms with E-state index in [-0.39, 0.29) is 31.0 Å². The van der Waals surface area contributed by atoms with Gasteiger partial charge in [0.15, 0.2) is 0 Å². The second-order valence-electron chi connectivity index (χ2n) is 4.84. The predicted octanol–water partition coefficient (Wildman–Crippen LogP) is 0.652. The average molecular weight is 276 g/mol. The van der Waals surface area contributed by atoms with Crippen LogP contribution in [0.1, 0.15) is 12.6 Å². The molecule has 1 heterocycles. The van der Waals surface area contributed by atoms with E-state index in [1.54, 1.807) is 31.2 Å². The highest BCUT2D eigenvalue weighted by Gasteiger charge is 2.14. The zero-order valence-corrected chi connectivity index (χ0v) is 11.1. The number of rotatable bonds is 5. The van der Waals surface area contributed by atoms with Crippen LogP contribution in [0.3, 0.4) is 0 Å². The third kappa shape index (κ3) is 2.85. The summed E-state index contributed by atoms with van der Waals surface area (Å²) in [5, 5.41) is 23.2. The number of hydrogen-bond donors (Lipinski definition) is 2. The molecule has 0 amide bonds. The van der Waals surface area contributed by atoms with Crippen LogP contribution in [0.5, 0.6) is 0 Å². The zero-order valence-electron chi connectivity index (χ0n) is 11.1. The van der Waals surface area contributed by atoms with E-state index in [4.69, 9.17) is 10.2 Å². The van der Waals surface area contributed by atoms with Crippen molar-refractivity contribution in [3.05, 3.63) is 40.3 Å². The van der Waals surface area contributed by atoms with Crippen LogP contribution in [0.4, 0.5) is 0 Å². The Morgan fingerprint density at radius 3 is 2.60 bits per heavy atom. The van der Waals surface area contributed by atoms with Gasteiger partial charge in [-0.3, -0.25) is 9.59 Å². The molecule has 1 aromatic heterocycles. The van der Waals surface area contributed by atoms with Crippen molar-refractivity contribution in [1.29, 1.82) is 0 Å². The van der Waals surface area contributed by atoms with Gasteiger partial charge in [-0.1, -0.05) is 25.1 Å². The first kappa shape index (κ1) is 14.2. The summed E-state index contributed by atoms with van der Waals surface area (Å²) in [6.07, 6.45) is -0.242. The highest BCUT2D eigenvalue weighted by molar-refractivity contribution is 5.86. The fraction of sp³-hybridized carbons (Fsp3) is 0.357. The molecule has 6 heteroatoms. The number of hydrogen-bond acceptors (Lipinski definition) is 4. The minimum absolute atomic E-state index is 0.0603. The smallest absolute Gasteiger partial charge is 0.309 e. The van der Waals surface area contributed by atoms with Crippen LogP contribution in [-0.4, -0.2) is 32.6 Å². The van der Waals surface area contributed by atoms with E-state index >= 15 is 0 Å². The van der Waals surface area contributed by atoms with Gasteiger partial charge in [-0.2, -0.15) is 5.10 Å². The first-order chi connectivity index (χ1) is 9.52. The first-order valence-electron chi connectivity index (χ1n) is 6.34. The monoisotopic (exact) mass is 276 g/mol. The average Bonchev–Trinajstić information content (AvgIpc) is 2.43. The predicted molar refractivity (Wildman–Crippen MR) is 73.6 cm³/mol. The largest absolute Gasteiger partial charge is 0.481 e. The molecule has 0 saturated heterocycles. The maximum Gasteiger partial charge on any atom is 0.309 e. The molecule has 2 rings (SSSR count). The van der Waals surface area contributed by atoms with Crippen LogP contribution in [0, 0.1) is 5.92 Å². The maximum absolute atomic E-state index is 12.3. The number of nitrogens with zero attached hydrogens (tertiary/aromatic N) is 2. The molecule has 0 aliphatic carbocycles. The number of carbonyl (C=O) groups is 1. The van der Waals surface area contributed by atoms with Gasteiger partial charge in [0.2, 0.25) is 0 Å². The molecule has 1 aromatic carbocycles. The molecule has 20 heavy (non-hydrogen) atoms. The molecule has 0 aliphatic heterocycles. The minimum Gasteiger partial charge on any atom is -0.481 e. The molecule has 0 spiro atoms. The number of aliphatic hydroxyl groups is 1. The van der Waals surface area contributed by atoms with E-state index in [0.717, 1.165) is 0 Å². The van der Waals surface area contributed by atoms with Gasteiger partial charge in [-0.15, -0.1) is 0 Å². The third-order valence-corrected chi connectivity index (χ3v) is 3.06. The zero-order chi connectivity index (χ0) is 14.7. The van der Waals surface area contributed by atoms with Gasteiger partial charge in [0.1, 0.15) is 0 Å². The second-order valence-corrected chi connectivity index (χ2v) is 4.84. The van der Waals surface area contributed by atoms with Gasteiger partial charge < -0.3 is 10.2 Å². The summed E-state index contributed by atoms with van der Waals surface area (Å²) < 4.78 is 1.24. The van der Waals surface area contributed by atoms with Crippen LogP contribution in [0.25, 0.3) is 10.8 Å². The van der Waals surface area contributed by atoms with Crippen molar-refractivity contribution in [2.45, 2.75) is 19.9 Å². The summed E-state index contributed by atoms with van der Waals surface area (Å²) in [5.41, 5.74) is 0.0906. The van der Waals surface area contributed by atoms with E-state index in [2.05, 4.69) is 5.10 Å². The molecule has 0 fully saturated rings. The Kier molecular flexibility index (Phi) is 4.14. The molecule has 2 aromatic rings. The van der Waals surface area contributed by atoms with Gasteiger partial charge >= 0.3 is 5.97 Å². The Bertz CT molecular complexity index is 693. The van der Waals surface area contributed by atoms with Crippen molar-refractivity contribution < 1.29 is 15.0 Å². The molecule has 6 nitrogen and oxygen atoms in total. The number of aliphatic hydroxyl groups excluding tert-OH is 1.